The summed E-state index contributed by atoms with van der Waals surface area (Å²) in [5.74, 6) is -0.263. The zero-order valence-electron chi connectivity index (χ0n) is 10.9. The zero-order chi connectivity index (χ0) is 13.0. The third-order valence-electron chi connectivity index (χ3n) is 3.59. The van der Waals surface area contributed by atoms with Crippen LogP contribution in [0, 0.1) is 6.92 Å². The van der Waals surface area contributed by atoms with Gasteiger partial charge in [0.15, 0.2) is 0 Å². The highest BCUT2D eigenvalue weighted by molar-refractivity contribution is 7.12. The van der Waals surface area contributed by atoms with Crippen LogP contribution in [0.5, 0.6) is 0 Å². The fourth-order valence-electron chi connectivity index (χ4n) is 2.59. The van der Waals surface area contributed by atoms with Gasteiger partial charge in [-0.1, -0.05) is 25.7 Å². The van der Waals surface area contributed by atoms with Crippen molar-refractivity contribution in [1.29, 1.82) is 0 Å². The summed E-state index contributed by atoms with van der Waals surface area (Å²) in [6, 6.07) is 4.18. The van der Waals surface area contributed by atoms with Crippen LogP contribution in [0.1, 0.15) is 54.3 Å². The van der Waals surface area contributed by atoms with Crippen LogP contribution in [-0.2, 0) is 4.79 Å². The number of carbonyl (C=O) groups is 1. The molecular formula is C14H22N2OS. The summed E-state index contributed by atoms with van der Waals surface area (Å²) in [5, 5.41) is 3.46. The SMILES string of the molecule is Cc1ccc(C(NC2CCCCCC2)C(N)=O)s1. The molecule has 1 amide bonds. The van der Waals surface area contributed by atoms with Crippen LogP contribution in [0.25, 0.3) is 0 Å². The van der Waals surface area contributed by atoms with E-state index >= 15 is 0 Å². The van der Waals surface area contributed by atoms with E-state index in [1.54, 1.807) is 11.3 Å². The number of rotatable bonds is 4. The predicted octanol–water partition coefficient (Wildman–Crippen LogP) is 2.90. The van der Waals surface area contributed by atoms with Crippen molar-refractivity contribution in [2.24, 2.45) is 5.73 Å². The van der Waals surface area contributed by atoms with Gasteiger partial charge in [-0.2, -0.15) is 0 Å². The van der Waals surface area contributed by atoms with Gasteiger partial charge < -0.3 is 5.73 Å². The van der Waals surface area contributed by atoms with Crippen LogP contribution in [0.4, 0.5) is 0 Å². The maximum atomic E-state index is 11.6. The maximum absolute atomic E-state index is 11.6. The van der Waals surface area contributed by atoms with E-state index in [-0.39, 0.29) is 11.9 Å². The summed E-state index contributed by atoms with van der Waals surface area (Å²) >= 11 is 1.65. The van der Waals surface area contributed by atoms with Crippen LogP contribution in [-0.4, -0.2) is 11.9 Å². The standard InChI is InChI=1S/C14H22N2OS/c1-10-8-9-12(18-10)13(14(15)17)16-11-6-4-2-3-5-7-11/h8-9,11,13,16H,2-7H2,1H3,(H2,15,17). The van der Waals surface area contributed by atoms with E-state index in [0.717, 1.165) is 17.7 Å². The van der Waals surface area contributed by atoms with Gasteiger partial charge in [-0.15, -0.1) is 11.3 Å². The first kappa shape index (κ1) is 13.6. The molecule has 1 fully saturated rings. The van der Waals surface area contributed by atoms with Gasteiger partial charge >= 0.3 is 0 Å². The molecule has 4 heteroatoms. The molecular weight excluding hydrogens is 244 g/mol. The van der Waals surface area contributed by atoms with Gasteiger partial charge in [0, 0.05) is 15.8 Å². The second-order valence-electron chi connectivity index (χ2n) is 5.14. The number of aryl methyl sites for hydroxylation is 1. The molecule has 0 saturated heterocycles. The Balaban J connectivity index is 2.04. The lowest BCUT2D eigenvalue weighted by molar-refractivity contribution is -0.120. The minimum Gasteiger partial charge on any atom is -0.368 e. The van der Waals surface area contributed by atoms with Crippen LogP contribution < -0.4 is 11.1 Å². The average Bonchev–Trinajstić information content (AvgIpc) is 2.61. The largest absolute Gasteiger partial charge is 0.368 e. The quantitative estimate of drug-likeness (QED) is 0.823. The summed E-state index contributed by atoms with van der Waals surface area (Å²) in [7, 11) is 0. The fourth-order valence-corrected chi connectivity index (χ4v) is 3.54. The van der Waals surface area contributed by atoms with Crippen molar-refractivity contribution < 1.29 is 4.79 Å². The Morgan fingerprint density at radius 1 is 1.33 bits per heavy atom. The van der Waals surface area contributed by atoms with Crippen LogP contribution >= 0.6 is 11.3 Å². The van der Waals surface area contributed by atoms with Gasteiger partial charge in [0.05, 0.1) is 0 Å². The van der Waals surface area contributed by atoms with Gasteiger partial charge in [-0.25, -0.2) is 0 Å². The Kier molecular flexibility index (Phi) is 4.78. The number of nitrogens with one attached hydrogen (secondary N) is 1. The molecule has 3 nitrogen and oxygen atoms in total. The Labute approximate surface area is 113 Å². The lowest BCUT2D eigenvalue weighted by Gasteiger charge is -2.22. The molecule has 3 N–H and O–H groups in total. The van der Waals surface area contributed by atoms with Gasteiger partial charge in [0.2, 0.25) is 5.91 Å². The first-order valence-electron chi connectivity index (χ1n) is 6.78. The molecule has 2 rings (SSSR count). The van der Waals surface area contributed by atoms with Crippen molar-refractivity contribution >= 4 is 17.2 Å². The number of primary amides is 1. The Bertz CT molecular complexity index is 394. The van der Waals surface area contributed by atoms with Gasteiger partial charge in [0.1, 0.15) is 6.04 Å². The first-order chi connectivity index (χ1) is 8.66. The number of thiophene rings is 1. The molecule has 1 aliphatic carbocycles. The van der Waals surface area contributed by atoms with E-state index in [9.17, 15) is 4.79 Å². The Morgan fingerprint density at radius 3 is 2.50 bits per heavy atom. The molecule has 1 unspecified atom stereocenters. The molecule has 1 aromatic rings. The van der Waals surface area contributed by atoms with E-state index in [1.807, 2.05) is 12.1 Å². The highest BCUT2D eigenvalue weighted by atomic mass is 32.1. The van der Waals surface area contributed by atoms with Crippen LogP contribution in [0.3, 0.4) is 0 Å². The summed E-state index contributed by atoms with van der Waals surface area (Å²) < 4.78 is 0. The Hall–Kier alpha value is -0.870. The molecule has 0 radical (unpaired) electrons. The van der Waals surface area contributed by atoms with Crippen LogP contribution in [0.2, 0.25) is 0 Å². The third kappa shape index (κ3) is 3.56. The normalized spacial score (nSPS) is 19.4. The minimum absolute atomic E-state index is 0.263. The number of nitrogens with two attached hydrogens (primary N) is 1. The molecule has 100 valence electrons. The summed E-state index contributed by atoms with van der Waals surface area (Å²) in [6.07, 6.45) is 7.47. The molecule has 0 spiro atoms. The van der Waals surface area contributed by atoms with Crippen molar-refractivity contribution in [3.05, 3.63) is 21.9 Å². The van der Waals surface area contributed by atoms with Crippen molar-refractivity contribution in [2.45, 2.75) is 57.5 Å². The van der Waals surface area contributed by atoms with Gasteiger partial charge in [-0.3, -0.25) is 10.1 Å². The molecule has 0 bridgehead atoms. The number of hydrogen-bond acceptors (Lipinski definition) is 3. The highest BCUT2D eigenvalue weighted by Crippen LogP contribution is 2.25. The number of carbonyl (C=O) groups excluding carboxylic acids is 1. The van der Waals surface area contributed by atoms with Gasteiger partial charge in [0.25, 0.3) is 0 Å². The summed E-state index contributed by atoms with van der Waals surface area (Å²) in [4.78, 5) is 13.9. The Morgan fingerprint density at radius 2 is 2.00 bits per heavy atom. The zero-order valence-corrected chi connectivity index (χ0v) is 11.8. The maximum Gasteiger partial charge on any atom is 0.240 e. The second-order valence-corrected chi connectivity index (χ2v) is 6.46. The number of hydrogen-bond donors (Lipinski definition) is 2. The molecule has 1 aliphatic rings. The van der Waals surface area contributed by atoms with E-state index in [2.05, 4.69) is 12.2 Å². The smallest absolute Gasteiger partial charge is 0.240 e. The van der Waals surface area contributed by atoms with Crippen molar-refractivity contribution in [1.82, 2.24) is 5.32 Å². The molecule has 1 atom stereocenters. The summed E-state index contributed by atoms with van der Waals surface area (Å²) in [5.41, 5.74) is 5.54. The van der Waals surface area contributed by atoms with Gasteiger partial charge in [-0.05, 0) is 31.9 Å². The first-order valence-corrected chi connectivity index (χ1v) is 7.60. The van der Waals surface area contributed by atoms with E-state index in [4.69, 9.17) is 5.73 Å². The molecule has 18 heavy (non-hydrogen) atoms. The molecule has 1 saturated carbocycles. The van der Waals surface area contributed by atoms with Crippen molar-refractivity contribution in [2.75, 3.05) is 0 Å². The highest BCUT2D eigenvalue weighted by Gasteiger charge is 2.23. The van der Waals surface area contributed by atoms with Crippen molar-refractivity contribution in [3.63, 3.8) is 0 Å². The minimum atomic E-state index is -0.313. The average molecular weight is 266 g/mol. The molecule has 0 aromatic carbocycles. The van der Waals surface area contributed by atoms with E-state index in [1.165, 1.54) is 30.6 Å². The van der Waals surface area contributed by atoms with E-state index in [0.29, 0.717) is 6.04 Å². The number of amides is 1. The molecule has 1 aromatic heterocycles. The second kappa shape index (κ2) is 6.34. The topological polar surface area (TPSA) is 55.1 Å². The summed E-state index contributed by atoms with van der Waals surface area (Å²) in [6.45, 7) is 2.05. The van der Waals surface area contributed by atoms with Crippen LogP contribution in [0.15, 0.2) is 12.1 Å². The molecule has 1 heterocycles. The lowest BCUT2D eigenvalue weighted by Crippen LogP contribution is -2.39. The fraction of sp³-hybridized carbons (Fsp3) is 0.643. The predicted molar refractivity (Wildman–Crippen MR) is 75.6 cm³/mol. The molecule has 0 aliphatic heterocycles. The third-order valence-corrected chi connectivity index (χ3v) is 4.65. The van der Waals surface area contributed by atoms with Crippen molar-refractivity contribution in [3.8, 4) is 0 Å². The monoisotopic (exact) mass is 266 g/mol. The lowest BCUT2D eigenvalue weighted by atomic mass is 10.1. The van der Waals surface area contributed by atoms with E-state index < -0.39 is 0 Å².